The molecule has 4 rings (SSSR count). The third-order valence-electron chi connectivity index (χ3n) is 5.79. The smallest absolute Gasteiger partial charge is 0.345 e. The number of aromatic nitrogens is 4. The van der Waals surface area contributed by atoms with Crippen LogP contribution in [-0.4, -0.2) is 52.5 Å². The van der Waals surface area contributed by atoms with Crippen molar-refractivity contribution in [3.8, 4) is 22.1 Å². The fraction of sp³-hybridized carbons (Fsp3) is 0.435. The van der Waals surface area contributed by atoms with Gasteiger partial charge in [0.2, 0.25) is 5.13 Å². The molecule has 3 aromatic heterocycles. The minimum atomic E-state index is -2.74. The van der Waals surface area contributed by atoms with Gasteiger partial charge in [0.25, 0.3) is 11.1 Å². The maximum atomic E-state index is 13.1. The first kappa shape index (κ1) is 26.1. The van der Waals surface area contributed by atoms with Gasteiger partial charge in [-0.15, -0.1) is 5.10 Å². The highest BCUT2D eigenvalue weighted by atomic mass is 35.5. The highest BCUT2D eigenvalue weighted by molar-refractivity contribution is 7.17. The molecule has 1 saturated carbocycles. The van der Waals surface area contributed by atoms with Crippen LogP contribution < -0.4 is 14.8 Å². The van der Waals surface area contributed by atoms with Gasteiger partial charge in [0, 0.05) is 23.0 Å². The molecule has 1 amide bonds. The number of ether oxygens (including phenoxy) is 3. The van der Waals surface area contributed by atoms with Crippen LogP contribution in [0.2, 0.25) is 5.15 Å². The summed E-state index contributed by atoms with van der Waals surface area (Å²) in [5.41, 5.74) is 2.18. The van der Waals surface area contributed by atoms with E-state index in [1.807, 2.05) is 6.92 Å². The zero-order valence-corrected chi connectivity index (χ0v) is 21.1. The van der Waals surface area contributed by atoms with Crippen molar-refractivity contribution in [1.29, 1.82) is 0 Å². The Kier molecular flexibility index (Phi) is 8.60. The Bertz CT molecular complexity index is 1210. The summed E-state index contributed by atoms with van der Waals surface area (Å²) in [6, 6.07) is 3.38. The molecule has 0 saturated heterocycles. The van der Waals surface area contributed by atoms with E-state index in [0.717, 1.165) is 24.2 Å². The molecular weight excluding hydrogens is 516 g/mol. The molecule has 0 bridgehead atoms. The Balaban J connectivity index is 1.40. The fourth-order valence-corrected chi connectivity index (χ4v) is 4.76. The summed E-state index contributed by atoms with van der Waals surface area (Å²) in [5, 5.41) is 11.5. The number of hydrogen-bond acceptors (Lipinski definition) is 9. The average molecular weight is 540 g/mol. The summed E-state index contributed by atoms with van der Waals surface area (Å²) in [5.74, 6) is 0.237. The molecule has 0 unspecified atom stereocenters. The van der Waals surface area contributed by atoms with Gasteiger partial charge in [-0.2, -0.15) is 8.78 Å². The first-order valence-electron chi connectivity index (χ1n) is 11.2. The lowest BCUT2D eigenvalue weighted by atomic mass is 9.88. The molecule has 0 atom stereocenters. The topological polar surface area (TPSA) is 108 Å². The van der Waals surface area contributed by atoms with E-state index < -0.39 is 18.6 Å². The van der Waals surface area contributed by atoms with Crippen LogP contribution in [0.4, 0.5) is 13.9 Å². The van der Waals surface area contributed by atoms with Gasteiger partial charge in [-0.05, 0) is 62.0 Å². The maximum Gasteiger partial charge on any atom is 0.345 e. The van der Waals surface area contributed by atoms with E-state index in [4.69, 9.17) is 21.1 Å². The SMILES string of the molecule is COc1cnc(Cl)cc1-c1cc(C)ncc1C(=O)Nc1nnc(OCC2CCC(OC(F)F)CC2)s1. The predicted molar refractivity (Wildman–Crippen MR) is 130 cm³/mol. The minimum Gasteiger partial charge on any atom is -0.494 e. The van der Waals surface area contributed by atoms with E-state index >= 15 is 0 Å². The largest absolute Gasteiger partial charge is 0.494 e. The highest BCUT2D eigenvalue weighted by Crippen LogP contribution is 2.35. The quantitative estimate of drug-likeness (QED) is 0.360. The number of amides is 1. The number of carbonyl (C=O) groups excluding carboxylic acids is 1. The second kappa shape index (κ2) is 11.8. The molecular formula is C23H24ClF2N5O4S. The molecule has 0 aromatic carbocycles. The number of alkyl halides is 2. The highest BCUT2D eigenvalue weighted by Gasteiger charge is 2.25. The fourth-order valence-electron chi connectivity index (χ4n) is 4.01. The summed E-state index contributed by atoms with van der Waals surface area (Å²) in [6.45, 7) is -0.541. The Labute approximate surface area is 215 Å². The summed E-state index contributed by atoms with van der Waals surface area (Å²) in [4.78, 5) is 21.4. The van der Waals surface area contributed by atoms with Crippen molar-refractivity contribution in [2.75, 3.05) is 19.0 Å². The summed E-state index contributed by atoms with van der Waals surface area (Å²) < 4.78 is 40.4. The number of aryl methyl sites for hydroxylation is 1. The van der Waals surface area contributed by atoms with E-state index in [0.29, 0.717) is 52.8 Å². The van der Waals surface area contributed by atoms with Crippen LogP contribution in [-0.2, 0) is 4.74 Å². The average Bonchev–Trinajstić information content (AvgIpc) is 3.30. The van der Waals surface area contributed by atoms with E-state index in [2.05, 4.69) is 30.2 Å². The summed E-state index contributed by atoms with van der Waals surface area (Å²) in [6.07, 6.45) is 5.14. The number of nitrogens with one attached hydrogen (secondary N) is 1. The minimum absolute atomic E-state index is 0.216. The van der Waals surface area contributed by atoms with Gasteiger partial charge in [0.15, 0.2) is 0 Å². The molecule has 1 aliphatic carbocycles. The molecule has 0 radical (unpaired) electrons. The van der Waals surface area contributed by atoms with Gasteiger partial charge in [0.05, 0.1) is 31.6 Å². The molecule has 13 heteroatoms. The van der Waals surface area contributed by atoms with E-state index in [1.165, 1.54) is 19.5 Å². The molecule has 0 aliphatic heterocycles. The van der Waals surface area contributed by atoms with Crippen molar-refractivity contribution >= 4 is 34.0 Å². The first-order chi connectivity index (χ1) is 17.3. The number of carbonyl (C=O) groups is 1. The lowest BCUT2D eigenvalue weighted by Gasteiger charge is -2.27. The number of methoxy groups -OCH3 is 1. The predicted octanol–water partition coefficient (Wildman–Crippen LogP) is 5.39. The molecule has 36 heavy (non-hydrogen) atoms. The number of nitrogens with zero attached hydrogens (tertiary/aromatic N) is 4. The van der Waals surface area contributed by atoms with Crippen molar-refractivity contribution in [3.63, 3.8) is 0 Å². The number of halogens is 3. The van der Waals surface area contributed by atoms with Crippen LogP contribution in [0.3, 0.4) is 0 Å². The zero-order valence-electron chi connectivity index (χ0n) is 19.5. The monoisotopic (exact) mass is 539 g/mol. The van der Waals surface area contributed by atoms with Crippen LogP contribution >= 0.6 is 22.9 Å². The van der Waals surface area contributed by atoms with Gasteiger partial charge in [0.1, 0.15) is 10.9 Å². The Morgan fingerprint density at radius 2 is 1.94 bits per heavy atom. The van der Waals surface area contributed by atoms with Gasteiger partial charge in [-0.3, -0.25) is 15.1 Å². The Morgan fingerprint density at radius 3 is 2.67 bits per heavy atom. The Hall–Kier alpha value is -2.96. The van der Waals surface area contributed by atoms with Gasteiger partial charge in [-0.25, -0.2) is 4.98 Å². The van der Waals surface area contributed by atoms with Gasteiger partial charge in [-0.1, -0.05) is 16.7 Å². The first-order valence-corrected chi connectivity index (χ1v) is 12.4. The van der Waals surface area contributed by atoms with Crippen LogP contribution in [0.1, 0.15) is 41.7 Å². The maximum absolute atomic E-state index is 13.1. The summed E-state index contributed by atoms with van der Waals surface area (Å²) in [7, 11) is 1.51. The van der Waals surface area contributed by atoms with E-state index in [-0.39, 0.29) is 16.2 Å². The molecule has 1 aliphatic rings. The van der Waals surface area contributed by atoms with Crippen molar-refractivity contribution in [2.45, 2.75) is 45.3 Å². The van der Waals surface area contributed by atoms with Crippen molar-refractivity contribution in [1.82, 2.24) is 20.2 Å². The molecule has 192 valence electrons. The summed E-state index contributed by atoms with van der Waals surface area (Å²) >= 11 is 7.18. The number of anilines is 1. The van der Waals surface area contributed by atoms with Crippen molar-refractivity contribution in [2.24, 2.45) is 5.92 Å². The van der Waals surface area contributed by atoms with Crippen molar-refractivity contribution in [3.05, 3.63) is 40.9 Å². The van der Waals surface area contributed by atoms with Crippen LogP contribution in [0.15, 0.2) is 24.5 Å². The molecule has 0 spiro atoms. The van der Waals surface area contributed by atoms with Crippen LogP contribution in [0.5, 0.6) is 10.9 Å². The van der Waals surface area contributed by atoms with E-state index in [1.54, 1.807) is 12.1 Å². The standard InChI is InChI=1S/C23H24ClF2N5O4S/c1-12-7-15(16-8-19(24)28-10-18(16)33-2)17(9-27-12)20(32)29-22-30-31-23(36-22)34-11-13-3-5-14(6-4-13)35-21(25)26/h7-10,13-14,21H,3-6,11H2,1-2H3,(H,29,30,32). The molecule has 9 nitrogen and oxygen atoms in total. The Morgan fingerprint density at radius 1 is 1.17 bits per heavy atom. The number of rotatable bonds is 9. The number of pyridine rings is 2. The second-order valence-electron chi connectivity index (χ2n) is 8.26. The molecule has 3 heterocycles. The third kappa shape index (κ3) is 6.62. The van der Waals surface area contributed by atoms with Crippen LogP contribution in [0, 0.1) is 12.8 Å². The van der Waals surface area contributed by atoms with Crippen molar-refractivity contribution < 1.29 is 27.8 Å². The van der Waals surface area contributed by atoms with Gasteiger partial charge >= 0.3 is 6.61 Å². The van der Waals surface area contributed by atoms with Crippen LogP contribution in [0.25, 0.3) is 11.1 Å². The van der Waals surface area contributed by atoms with Gasteiger partial charge < -0.3 is 14.2 Å². The molecule has 1 fully saturated rings. The van der Waals surface area contributed by atoms with E-state index in [9.17, 15) is 13.6 Å². The third-order valence-corrected chi connectivity index (χ3v) is 6.75. The number of hydrogen-bond donors (Lipinski definition) is 1. The zero-order chi connectivity index (χ0) is 25.7. The molecule has 1 N–H and O–H groups in total. The lowest BCUT2D eigenvalue weighted by molar-refractivity contribution is -0.171. The normalized spacial score (nSPS) is 17.7. The lowest BCUT2D eigenvalue weighted by Crippen LogP contribution is -2.26. The second-order valence-corrected chi connectivity index (χ2v) is 9.58. The molecule has 3 aromatic rings.